The fourth-order valence-corrected chi connectivity index (χ4v) is 2.83. The van der Waals surface area contributed by atoms with Gasteiger partial charge in [0.15, 0.2) is 0 Å². The normalized spacial score (nSPS) is 13.2. The number of hydrogen-bond donors (Lipinski definition) is 1. The highest BCUT2D eigenvalue weighted by atomic mass is 16.3. The Morgan fingerprint density at radius 1 is 0.913 bits per heavy atom. The van der Waals surface area contributed by atoms with E-state index in [0.29, 0.717) is 0 Å². The lowest BCUT2D eigenvalue weighted by Crippen LogP contribution is -1.95. The maximum absolute atomic E-state index is 10.5. The molecule has 1 N–H and O–H groups in total. The molecule has 1 nitrogen and oxygen atoms in total. The van der Waals surface area contributed by atoms with Crippen LogP contribution in [-0.2, 0) is 6.42 Å². The highest BCUT2D eigenvalue weighted by Crippen LogP contribution is 2.23. The van der Waals surface area contributed by atoms with E-state index >= 15 is 0 Å². The molecule has 0 aliphatic heterocycles. The van der Waals surface area contributed by atoms with Crippen LogP contribution in [0.5, 0.6) is 0 Å². The molecule has 3 aromatic rings. The van der Waals surface area contributed by atoms with Crippen molar-refractivity contribution in [3.05, 3.63) is 95.6 Å². The highest BCUT2D eigenvalue weighted by Gasteiger charge is 2.06. The van der Waals surface area contributed by atoms with Crippen molar-refractivity contribution in [2.24, 2.45) is 0 Å². The summed E-state index contributed by atoms with van der Waals surface area (Å²) in [7, 11) is 0. The summed E-state index contributed by atoms with van der Waals surface area (Å²) in [6.07, 6.45) is 3.39. The molecule has 3 rings (SSSR count). The Hall–Kier alpha value is -2.38. The third-order valence-electron chi connectivity index (χ3n) is 4.21. The summed E-state index contributed by atoms with van der Waals surface area (Å²) >= 11 is 0. The van der Waals surface area contributed by atoms with Gasteiger partial charge in [-0.05, 0) is 47.7 Å². The summed E-state index contributed by atoms with van der Waals surface area (Å²) in [5.41, 5.74) is 3.50. The first kappa shape index (κ1) is 15.5. The zero-order valence-corrected chi connectivity index (χ0v) is 13.4. The summed E-state index contributed by atoms with van der Waals surface area (Å²) in [5, 5.41) is 12.8. The molecule has 116 valence electrons. The van der Waals surface area contributed by atoms with E-state index in [4.69, 9.17) is 0 Å². The molecular formula is C22H22O. The van der Waals surface area contributed by atoms with Gasteiger partial charge in [0.25, 0.3) is 0 Å². The third kappa shape index (κ3) is 4.08. The van der Waals surface area contributed by atoms with Crippen molar-refractivity contribution >= 4 is 10.8 Å². The van der Waals surface area contributed by atoms with Gasteiger partial charge >= 0.3 is 0 Å². The van der Waals surface area contributed by atoms with Crippen LogP contribution in [0.2, 0.25) is 0 Å². The molecule has 3 aromatic carbocycles. The van der Waals surface area contributed by atoms with Crippen molar-refractivity contribution < 1.29 is 5.11 Å². The van der Waals surface area contributed by atoms with Crippen molar-refractivity contribution in [3.8, 4) is 0 Å². The zero-order chi connectivity index (χ0) is 16.1. The lowest BCUT2D eigenvalue weighted by molar-refractivity contribution is 0.227. The molecular weight excluding hydrogens is 280 g/mol. The van der Waals surface area contributed by atoms with E-state index in [1.165, 1.54) is 21.9 Å². The Kier molecular flexibility index (Phi) is 4.89. The Labute approximate surface area is 137 Å². The van der Waals surface area contributed by atoms with E-state index in [2.05, 4.69) is 55.5 Å². The molecule has 0 unspecified atom stereocenters. The number of allylic oxidation sites excluding steroid dienone is 1. The lowest BCUT2D eigenvalue weighted by Gasteiger charge is -2.10. The monoisotopic (exact) mass is 302 g/mol. The predicted molar refractivity (Wildman–Crippen MR) is 97.4 cm³/mol. The van der Waals surface area contributed by atoms with E-state index in [1.807, 2.05) is 30.3 Å². The summed E-state index contributed by atoms with van der Waals surface area (Å²) < 4.78 is 0. The van der Waals surface area contributed by atoms with Crippen LogP contribution >= 0.6 is 0 Å². The molecule has 0 aliphatic carbocycles. The molecule has 1 heteroatoms. The lowest BCUT2D eigenvalue weighted by atomic mass is 10.00. The summed E-state index contributed by atoms with van der Waals surface area (Å²) in [6, 6.07) is 24.8. The third-order valence-corrected chi connectivity index (χ3v) is 4.21. The molecule has 0 heterocycles. The van der Waals surface area contributed by atoms with E-state index in [0.717, 1.165) is 18.4 Å². The van der Waals surface area contributed by atoms with Crippen molar-refractivity contribution in [2.75, 3.05) is 0 Å². The zero-order valence-electron chi connectivity index (χ0n) is 13.4. The second-order valence-corrected chi connectivity index (χ2v) is 6.05. The maximum atomic E-state index is 10.5. The number of fused-ring (bicyclic) bond motifs is 1. The van der Waals surface area contributed by atoms with E-state index in [9.17, 15) is 5.11 Å². The average molecular weight is 302 g/mol. The summed E-state index contributed by atoms with van der Waals surface area (Å²) in [4.78, 5) is 0. The number of aliphatic hydroxyl groups is 1. The Bertz CT molecular complexity index is 802. The first-order valence-corrected chi connectivity index (χ1v) is 8.10. The first-order chi connectivity index (χ1) is 11.2. The largest absolute Gasteiger partial charge is 0.384 e. The second kappa shape index (κ2) is 7.26. The Balaban J connectivity index is 1.69. The fourth-order valence-electron chi connectivity index (χ4n) is 2.83. The van der Waals surface area contributed by atoms with Crippen LogP contribution in [0.3, 0.4) is 0 Å². The van der Waals surface area contributed by atoms with Gasteiger partial charge in [-0.1, -0.05) is 78.4 Å². The molecule has 1 atom stereocenters. The molecule has 0 spiro atoms. The smallest absolute Gasteiger partial charge is 0.0974 e. The number of aryl methyl sites for hydroxylation is 1. The molecule has 0 radical (unpaired) electrons. The van der Waals surface area contributed by atoms with Crippen molar-refractivity contribution in [2.45, 2.75) is 25.9 Å². The minimum atomic E-state index is -0.546. The standard InChI is InChI=1S/C22H22O/c1-17(11-12-18-7-3-2-4-8-18)15-22(23)21-14-13-19-9-5-6-10-20(19)16-21/h2-10,13-16,22-23H,11-12H2,1H3/b17-15+/t22-/m0/s1. The van der Waals surface area contributed by atoms with Crippen LogP contribution in [0, 0.1) is 0 Å². The van der Waals surface area contributed by atoms with Gasteiger partial charge in [-0.15, -0.1) is 0 Å². The minimum Gasteiger partial charge on any atom is -0.384 e. The molecule has 0 saturated carbocycles. The molecule has 0 bridgehead atoms. The van der Waals surface area contributed by atoms with E-state index in [-0.39, 0.29) is 0 Å². The van der Waals surface area contributed by atoms with Gasteiger partial charge in [0.2, 0.25) is 0 Å². The molecule has 0 saturated heterocycles. The average Bonchev–Trinajstić information content (AvgIpc) is 2.60. The summed E-state index contributed by atoms with van der Waals surface area (Å²) in [5.74, 6) is 0. The Morgan fingerprint density at radius 3 is 2.39 bits per heavy atom. The fraction of sp³-hybridized carbons (Fsp3) is 0.182. The molecule has 23 heavy (non-hydrogen) atoms. The quantitative estimate of drug-likeness (QED) is 0.621. The van der Waals surface area contributed by atoms with Crippen LogP contribution in [-0.4, -0.2) is 5.11 Å². The number of benzene rings is 3. The number of rotatable bonds is 5. The van der Waals surface area contributed by atoms with E-state index < -0.39 is 6.10 Å². The SMILES string of the molecule is C/C(=C\[C@H](O)c1ccc2ccccc2c1)CCc1ccccc1. The molecule has 0 amide bonds. The van der Waals surface area contributed by atoms with Gasteiger partial charge in [0, 0.05) is 0 Å². The van der Waals surface area contributed by atoms with Crippen LogP contribution in [0.1, 0.15) is 30.6 Å². The van der Waals surface area contributed by atoms with Gasteiger partial charge < -0.3 is 5.11 Å². The molecule has 0 aromatic heterocycles. The van der Waals surface area contributed by atoms with Gasteiger partial charge in [-0.3, -0.25) is 0 Å². The second-order valence-electron chi connectivity index (χ2n) is 6.05. The topological polar surface area (TPSA) is 20.2 Å². The van der Waals surface area contributed by atoms with Crippen LogP contribution in [0.25, 0.3) is 10.8 Å². The van der Waals surface area contributed by atoms with Gasteiger partial charge in [0.1, 0.15) is 0 Å². The van der Waals surface area contributed by atoms with E-state index in [1.54, 1.807) is 0 Å². The predicted octanol–water partition coefficient (Wildman–Crippen LogP) is 5.45. The van der Waals surface area contributed by atoms with Gasteiger partial charge in [0.05, 0.1) is 6.10 Å². The highest BCUT2D eigenvalue weighted by molar-refractivity contribution is 5.83. The van der Waals surface area contributed by atoms with Gasteiger partial charge in [-0.25, -0.2) is 0 Å². The number of aliphatic hydroxyl groups excluding tert-OH is 1. The van der Waals surface area contributed by atoms with Crippen molar-refractivity contribution in [1.29, 1.82) is 0 Å². The molecule has 0 aliphatic rings. The van der Waals surface area contributed by atoms with Crippen molar-refractivity contribution in [3.63, 3.8) is 0 Å². The van der Waals surface area contributed by atoms with Gasteiger partial charge in [-0.2, -0.15) is 0 Å². The number of hydrogen-bond acceptors (Lipinski definition) is 1. The molecule has 0 fully saturated rings. The Morgan fingerprint density at radius 2 is 1.61 bits per heavy atom. The van der Waals surface area contributed by atoms with Crippen molar-refractivity contribution in [1.82, 2.24) is 0 Å². The summed E-state index contributed by atoms with van der Waals surface area (Å²) in [6.45, 7) is 2.09. The minimum absolute atomic E-state index is 0.546. The van der Waals surface area contributed by atoms with Crippen LogP contribution in [0.4, 0.5) is 0 Å². The first-order valence-electron chi connectivity index (χ1n) is 8.10. The van der Waals surface area contributed by atoms with Crippen LogP contribution < -0.4 is 0 Å². The van der Waals surface area contributed by atoms with Crippen LogP contribution in [0.15, 0.2) is 84.4 Å². The maximum Gasteiger partial charge on any atom is 0.0974 e.